The Morgan fingerprint density at radius 1 is 1.27 bits per heavy atom. The summed E-state index contributed by atoms with van der Waals surface area (Å²) in [6.45, 7) is 13.1. The van der Waals surface area contributed by atoms with E-state index in [-0.39, 0.29) is 11.5 Å². The maximum absolute atomic E-state index is 12.7. The molecule has 6 heteroatoms. The summed E-state index contributed by atoms with van der Waals surface area (Å²) in [7, 11) is 0. The minimum atomic E-state index is 0.0582. The molecule has 2 aromatic rings. The van der Waals surface area contributed by atoms with Gasteiger partial charge in [-0.25, -0.2) is 0 Å². The Balaban J connectivity index is 2.16. The molecule has 0 saturated heterocycles. The molecule has 2 aromatic heterocycles. The van der Waals surface area contributed by atoms with Crippen molar-refractivity contribution in [1.82, 2.24) is 14.8 Å². The second-order valence-electron chi connectivity index (χ2n) is 7.03. The smallest absolute Gasteiger partial charge is 0.174 e. The Morgan fingerprint density at radius 2 is 1.96 bits per heavy atom. The zero-order valence-corrected chi connectivity index (χ0v) is 17.2. The molecule has 138 valence electrons. The average Bonchev–Trinajstić information content (AvgIpc) is 2.88. The van der Waals surface area contributed by atoms with Gasteiger partial charge < -0.3 is 4.57 Å². The topological polar surface area (TPSA) is 71.6 Å². The standard InChI is InChI=1S/C20H26N4OS/c1-12(2)7-8-24-13(3)9-17(16(24)6)19(25)11-26-20-18(10-21)14(4)15(5)22-23-20/h9,12H,7-8,11H2,1-6H3. The highest BCUT2D eigenvalue weighted by atomic mass is 32.2. The second kappa shape index (κ2) is 8.50. The van der Waals surface area contributed by atoms with Crippen molar-refractivity contribution in [3.05, 3.63) is 39.8 Å². The molecule has 0 N–H and O–H groups in total. The van der Waals surface area contributed by atoms with E-state index in [4.69, 9.17) is 0 Å². The molecule has 26 heavy (non-hydrogen) atoms. The molecule has 5 nitrogen and oxygen atoms in total. The zero-order valence-electron chi connectivity index (χ0n) is 16.4. The lowest BCUT2D eigenvalue weighted by molar-refractivity contribution is 0.102. The van der Waals surface area contributed by atoms with Crippen molar-refractivity contribution in [3.8, 4) is 6.07 Å². The molecule has 2 heterocycles. The molecule has 2 rings (SSSR count). The van der Waals surface area contributed by atoms with Gasteiger partial charge in [0.1, 0.15) is 11.1 Å². The van der Waals surface area contributed by atoms with Gasteiger partial charge in [0.15, 0.2) is 5.78 Å². The van der Waals surface area contributed by atoms with Crippen LogP contribution in [0, 0.1) is 44.9 Å². The number of hydrogen-bond donors (Lipinski definition) is 0. The molecule has 0 saturated carbocycles. The van der Waals surface area contributed by atoms with Crippen molar-refractivity contribution >= 4 is 17.5 Å². The molecule has 0 aromatic carbocycles. The van der Waals surface area contributed by atoms with E-state index in [2.05, 4.69) is 34.7 Å². The number of rotatable bonds is 7. The molecule has 0 fully saturated rings. The molecule has 0 aliphatic rings. The number of ketones is 1. The Bertz CT molecular complexity index is 862. The van der Waals surface area contributed by atoms with E-state index in [1.165, 1.54) is 11.8 Å². The van der Waals surface area contributed by atoms with Crippen LogP contribution >= 0.6 is 11.8 Å². The predicted molar refractivity (Wildman–Crippen MR) is 105 cm³/mol. The largest absolute Gasteiger partial charge is 0.348 e. The number of carbonyl (C=O) groups excluding carboxylic acids is 1. The Labute approximate surface area is 159 Å². The van der Waals surface area contributed by atoms with Gasteiger partial charge in [0.05, 0.1) is 17.0 Å². The molecular weight excluding hydrogens is 344 g/mol. The number of nitrogens with zero attached hydrogens (tertiary/aromatic N) is 4. The molecule has 0 aliphatic heterocycles. The summed E-state index contributed by atoms with van der Waals surface area (Å²) < 4.78 is 2.22. The highest BCUT2D eigenvalue weighted by Crippen LogP contribution is 2.25. The predicted octanol–water partition coefficient (Wildman–Crippen LogP) is 4.40. The number of nitriles is 1. The first-order valence-electron chi connectivity index (χ1n) is 8.83. The van der Waals surface area contributed by atoms with E-state index in [1.54, 1.807) is 0 Å². The fourth-order valence-corrected chi connectivity index (χ4v) is 3.71. The van der Waals surface area contributed by atoms with Gasteiger partial charge in [0.2, 0.25) is 0 Å². The molecule has 0 amide bonds. The van der Waals surface area contributed by atoms with Crippen LogP contribution in [-0.4, -0.2) is 26.3 Å². The maximum Gasteiger partial charge on any atom is 0.174 e. The van der Waals surface area contributed by atoms with E-state index in [0.717, 1.165) is 41.2 Å². The van der Waals surface area contributed by atoms with Crippen LogP contribution in [0.4, 0.5) is 0 Å². The number of thioether (sulfide) groups is 1. The van der Waals surface area contributed by atoms with Gasteiger partial charge in [0.25, 0.3) is 0 Å². The van der Waals surface area contributed by atoms with Gasteiger partial charge in [0, 0.05) is 23.5 Å². The molecule has 0 bridgehead atoms. The van der Waals surface area contributed by atoms with Crippen LogP contribution in [0.5, 0.6) is 0 Å². The van der Waals surface area contributed by atoms with E-state index < -0.39 is 0 Å². The molecule has 0 atom stereocenters. The first-order valence-corrected chi connectivity index (χ1v) is 9.81. The summed E-state index contributed by atoms with van der Waals surface area (Å²) >= 11 is 1.28. The third-order valence-electron chi connectivity index (χ3n) is 4.68. The fourth-order valence-electron chi connectivity index (χ4n) is 2.85. The maximum atomic E-state index is 12.7. The molecule has 0 spiro atoms. The van der Waals surface area contributed by atoms with E-state index in [0.29, 0.717) is 16.5 Å². The summed E-state index contributed by atoms with van der Waals surface area (Å²) in [6, 6.07) is 4.15. The highest BCUT2D eigenvalue weighted by molar-refractivity contribution is 8.00. The van der Waals surface area contributed by atoms with Crippen LogP contribution in [0.15, 0.2) is 11.1 Å². The van der Waals surface area contributed by atoms with E-state index in [1.807, 2.05) is 33.8 Å². The summed E-state index contributed by atoms with van der Waals surface area (Å²) in [4.78, 5) is 12.7. The van der Waals surface area contributed by atoms with Crippen LogP contribution < -0.4 is 0 Å². The first-order chi connectivity index (χ1) is 12.3. The van der Waals surface area contributed by atoms with Crippen LogP contribution in [0.25, 0.3) is 0 Å². The van der Waals surface area contributed by atoms with E-state index in [9.17, 15) is 10.1 Å². The lowest BCUT2D eigenvalue weighted by Gasteiger charge is -2.11. The number of Topliss-reactive ketones (excluding diaryl/α,β-unsaturated/α-hetero) is 1. The van der Waals surface area contributed by atoms with Crippen LogP contribution in [0.3, 0.4) is 0 Å². The van der Waals surface area contributed by atoms with Gasteiger partial charge in [-0.05, 0) is 51.7 Å². The van der Waals surface area contributed by atoms with E-state index >= 15 is 0 Å². The molecule has 0 unspecified atom stereocenters. The SMILES string of the molecule is Cc1nnc(SCC(=O)c2cc(C)n(CCC(C)C)c2C)c(C#N)c1C. The molecular formula is C20H26N4OS. The Hall–Kier alpha value is -2.13. The highest BCUT2D eigenvalue weighted by Gasteiger charge is 2.18. The second-order valence-corrected chi connectivity index (χ2v) is 8.00. The zero-order chi connectivity index (χ0) is 19.4. The van der Waals surface area contributed by atoms with Crippen molar-refractivity contribution in [2.24, 2.45) is 5.92 Å². The lowest BCUT2D eigenvalue weighted by atomic mass is 10.1. The fraction of sp³-hybridized carbons (Fsp3) is 0.500. The average molecular weight is 371 g/mol. The number of hydrogen-bond acceptors (Lipinski definition) is 5. The normalized spacial score (nSPS) is 11.0. The molecule has 0 aliphatic carbocycles. The third kappa shape index (κ3) is 4.34. The van der Waals surface area contributed by atoms with Crippen molar-refractivity contribution < 1.29 is 4.79 Å². The van der Waals surface area contributed by atoms with Gasteiger partial charge in [-0.1, -0.05) is 25.6 Å². The van der Waals surface area contributed by atoms with Gasteiger partial charge in [-0.3, -0.25) is 4.79 Å². The van der Waals surface area contributed by atoms with Crippen molar-refractivity contribution in [3.63, 3.8) is 0 Å². The molecule has 0 radical (unpaired) electrons. The minimum Gasteiger partial charge on any atom is -0.348 e. The van der Waals surface area contributed by atoms with Gasteiger partial charge in [-0.2, -0.15) is 10.4 Å². The third-order valence-corrected chi connectivity index (χ3v) is 5.64. The lowest BCUT2D eigenvalue weighted by Crippen LogP contribution is -2.09. The van der Waals surface area contributed by atoms with Crippen LogP contribution in [-0.2, 0) is 6.54 Å². The monoisotopic (exact) mass is 370 g/mol. The Morgan fingerprint density at radius 3 is 2.58 bits per heavy atom. The van der Waals surface area contributed by atoms with Crippen molar-refractivity contribution in [2.75, 3.05) is 5.75 Å². The van der Waals surface area contributed by atoms with Crippen molar-refractivity contribution in [2.45, 2.75) is 59.5 Å². The Kier molecular flexibility index (Phi) is 6.60. The van der Waals surface area contributed by atoms with Gasteiger partial charge in [-0.15, -0.1) is 5.10 Å². The van der Waals surface area contributed by atoms with Crippen LogP contribution in [0.1, 0.15) is 58.8 Å². The first kappa shape index (κ1) is 20.2. The summed E-state index contributed by atoms with van der Waals surface area (Å²) in [5, 5.41) is 18.1. The van der Waals surface area contributed by atoms with Crippen LogP contribution in [0.2, 0.25) is 0 Å². The number of aryl methyl sites for hydroxylation is 2. The quantitative estimate of drug-likeness (QED) is 0.533. The summed E-state index contributed by atoms with van der Waals surface area (Å²) in [6.07, 6.45) is 1.09. The van der Waals surface area contributed by atoms with Crippen molar-refractivity contribution in [1.29, 1.82) is 5.26 Å². The number of carbonyl (C=O) groups is 1. The summed E-state index contributed by atoms with van der Waals surface area (Å²) in [5.74, 6) is 0.932. The van der Waals surface area contributed by atoms with Gasteiger partial charge >= 0.3 is 0 Å². The summed E-state index contributed by atoms with van der Waals surface area (Å²) in [5.41, 5.74) is 4.96. The number of aromatic nitrogens is 3. The minimum absolute atomic E-state index is 0.0582.